The number of fused-ring (bicyclic) bond motifs is 4. The zero-order valence-corrected chi connectivity index (χ0v) is 74.2. The van der Waals surface area contributed by atoms with E-state index in [0.29, 0.717) is 87.0 Å². The van der Waals surface area contributed by atoms with E-state index >= 15 is 0 Å². The predicted octanol–water partition coefficient (Wildman–Crippen LogP) is 21.2. The number of carbonyl (C=O) groups excluding carboxylic acids is 1. The third-order valence-electron chi connectivity index (χ3n) is 24.2. The highest BCUT2D eigenvalue weighted by Crippen LogP contribution is 2.44. The molecule has 9 heterocycles. The van der Waals surface area contributed by atoms with Gasteiger partial charge in [-0.15, -0.1) is 6.58 Å². The van der Waals surface area contributed by atoms with Crippen molar-refractivity contribution in [1.29, 1.82) is 15.8 Å². The van der Waals surface area contributed by atoms with E-state index in [0.717, 1.165) is 163 Å². The number of alkyl halides is 12. The minimum absolute atomic E-state index is 0.0145. The fourth-order valence-electron chi connectivity index (χ4n) is 16.5. The number of aromatic nitrogens is 4. The van der Waals surface area contributed by atoms with Gasteiger partial charge in [-0.25, -0.2) is 19.9 Å². The van der Waals surface area contributed by atoms with Gasteiger partial charge in [0.1, 0.15) is 58.3 Å². The van der Waals surface area contributed by atoms with Crippen molar-refractivity contribution in [3.05, 3.63) is 349 Å². The van der Waals surface area contributed by atoms with Crippen LogP contribution in [0.2, 0.25) is 5.15 Å². The Balaban J connectivity index is 0.000000147. The first-order valence-electron chi connectivity index (χ1n) is 42.7. The maximum absolute atomic E-state index is 12.9. The lowest BCUT2D eigenvalue weighted by Gasteiger charge is -2.32. The van der Waals surface area contributed by atoms with E-state index in [4.69, 9.17) is 31.9 Å². The Hall–Kier alpha value is -13.7. The predicted molar refractivity (Wildman–Crippen MR) is 492 cm³/mol. The lowest BCUT2D eigenvalue weighted by molar-refractivity contribution is -0.138. The summed E-state index contributed by atoms with van der Waals surface area (Å²) >= 11 is 6.03. The van der Waals surface area contributed by atoms with Crippen LogP contribution in [0.3, 0.4) is 0 Å². The van der Waals surface area contributed by atoms with E-state index < -0.39 is 78.3 Å². The number of nitrogens with two attached hydrogens (primary N) is 1. The molecule has 0 spiro atoms. The number of aliphatic hydroxyl groups is 4. The number of nitriles is 3. The zero-order valence-electron chi connectivity index (χ0n) is 73.4. The van der Waals surface area contributed by atoms with Gasteiger partial charge >= 0.3 is 31.8 Å². The van der Waals surface area contributed by atoms with Crippen LogP contribution in [-0.2, 0) is 85.9 Å². The van der Waals surface area contributed by atoms with Crippen LogP contribution >= 0.6 is 11.6 Å². The number of rotatable bonds is 15. The molecule has 33 heteroatoms. The van der Waals surface area contributed by atoms with Crippen LogP contribution in [0.5, 0.6) is 0 Å². The van der Waals surface area contributed by atoms with Crippen LogP contribution in [0.25, 0.3) is 50.6 Å². The number of aliphatic hydroxyl groups excluding tert-OH is 4. The lowest BCUT2D eigenvalue weighted by Crippen LogP contribution is -2.41. The number of nitrogens with zero attached hydrogens (tertiary/aromatic N) is 11. The highest BCUT2D eigenvalue weighted by molar-refractivity contribution is 6.51. The molecule has 0 saturated carbocycles. The first-order chi connectivity index (χ1) is 64.1. The number of hydrogen-bond acceptors (Lipinski definition) is 18. The summed E-state index contributed by atoms with van der Waals surface area (Å²) in [6.45, 7) is 19.3. The number of halogens is 13. The third kappa shape index (κ3) is 23.5. The minimum Gasteiger partial charge on any atom is -0.400 e. The normalized spacial score (nSPS) is 15.2. The summed E-state index contributed by atoms with van der Waals surface area (Å²) < 4.78 is 166. The molecule has 8 aromatic carbocycles. The van der Waals surface area contributed by atoms with Crippen molar-refractivity contribution in [3.8, 4) is 62.7 Å². The van der Waals surface area contributed by atoms with Gasteiger partial charge in [-0.1, -0.05) is 145 Å². The Morgan fingerprint density at radius 1 is 0.444 bits per heavy atom. The van der Waals surface area contributed by atoms with Crippen LogP contribution in [0.4, 0.5) is 75.4 Å². The van der Waals surface area contributed by atoms with Gasteiger partial charge < -0.3 is 55.1 Å². The third-order valence-corrected chi connectivity index (χ3v) is 24.4. The van der Waals surface area contributed by atoms with E-state index in [2.05, 4.69) is 53.9 Å². The smallest absolute Gasteiger partial charge is 0.400 e. The molecular weight excluding hydrogens is 1780 g/mol. The molecule has 4 aromatic heterocycles. The molecular formula is C102H90BClF12N12O7. The van der Waals surface area contributed by atoms with Crippen LogP contribution in [0.1, 0.15) is 151 Å². The van der Waals surface area contributed by atoms with Crippen molar-refractivity contribution in [1.82, 2.24) is 19.9 Å². The largest absolute Gasteiger partial charge is 0.486 e. The standard InChI is InChI=1S/C24H22F3N3O3.C24H20F3N3O2.C24H18F3N3.C22H15ClF3N3.C8H15BO2/c25-24(26,27)16-6-4-14(5-7-16)18-3-1-2-15-12-30(9-8-19(15)18)17-10-20(22(32)13-31)29-21(11-17)23(28)33;25-24(26,27)17-6-4-15(5-7-17)20-3-1-2-16-13-30(9-8-21(16)20)19-10-18(12-28)29-22(11-19)23(32)14-31;1-2-19-12-21(13-20(14-28)29-19)30-11-10-23-17(15-30)4-3-5-22(23)16-6-8-18(9-7-16)24(25,26)27;23-21-11-18(10-17(12-27)28-21)29-9-8-20-15(13-29)2-1-3-19(20)14-4-6-16(7-5-14)22(24,25)26;1-6-9-10-7(2,3)8(4,5)11-9/h1-7,10-11,22,31-32H,8-9,12-13H2,(H2,28,33);1-7,10-11,23,31-32H,8-9,13-14H2;2-9,12-13H,1,10-11,15H2;1-7,10-11H,8-9,13H2;6H,1H2,2-5H3/t22-;23-;;;/m11.../s1. The molecule has 5 aliphatic heterocycles. The number of amides is 1. The van der Waals surface area contributed by atoms with Crippen molar-refractivity contribution in [2.45, 2.75) is 128 Å². The van der Waals surface area contributed by atoms with E-state index in [1.54, 1.807) is 54.5 Å². The van der Waals surface area contributed by atoms with Crippen molar-refractivity contribution < 1.29 is 87.2 Å². The Labute approximate surface area is 776 Å². The molecule has 1 amide bonds. The van der Waals surface area contributed by atoms with Crippen molar-refractivity contribution in [2.75, 3.05) is 59.0 Å². The molecule has 6 N–H and O–H groups in total. The summed E-state index contributed by atoms with van der Waals surface area (Å²) in [6, 6.07) is 63.8. The van der Waals surface area contributed by atoms with Gasteiger partial charge in [0.05, 0.1) is 63.8 Å². The van der Waals surface area contributed by atoms with Gasteiger partial charge in [0.2, 0.25) is 0 Å². The highest BCUT2D eigenvalue weighted by Gasteiger charge is 2.50. The fourth-order valence-corrected chi connectivity index (χ4v) is 16.7. The Kier molecular flexibility index (Phi) is 30.3. The van der Waals surface area contributed by atoms with E-state index in [9.17, 15) is 88.4 Å². The fraction of sp³-hybridized carbons (Fsp3) is 0.255. The minimum atomic E-state index is -4.38. The number of hydrogen-bond donors (Lipinski definition) is 5. The average Bonchev–Trinajstić information content (AvgIpc) is 1.78. The molecule has 135 heavy (non-hydrogen) atoms. The maximum Gasteiger partial charge on any atom is 0.486 e. The number of anilines is 4. The molecule has 1 fully saturated rings. The highest BCUT2D eigenvalue weighted by atomic mass is 35.5. The number of benzene rings is 8. The topological polar surface area (TPSA) is 278 Å². The summed E-state index contributed by atoms with van der Waals surface area (Å²) in [7, 11) is -0.250. The number of primary amides is 1. The average molecular weight is 1870 g/mol. The van der Waals surface area contributed by atoms with E-state index in [-0.39, 0.29) is 51.9 Å². The molecule has 0 unspecified atom stereocenters. The van der Waals surface area contributed by atoms with Gasteiger partial charge in [-0.2, -0.15) is 68.5 Å². The second-order valence-electron chi connectivity index (χ2n) is 33.4. The molecule has 0 aliphatic carbocycles. The second kappa shape index (κ2) is 41.4. The summed E-state index contributed by atoms with van der Waals surface area (Å²) in [4.78, 5) is 36.3. The first kappa shape index (κ1) is 98.8. The summed E-state index contributed by atoms with van der Waals surface area (Å²) in [5.74, 6) is 0.932. The quantitative estimate of drug-likeness (QED) is 0.0362. The second-order valence-corrected chi connectivity index (χ2v) is 33.7. The van der Waals surface area contributed by atoms with Gasteiger partial charge in [0, 0.05) is 75.1 Å². The monoisotopic (exact) mass is 1870 g/mol. The van der Waals surface area contributed by atoms with Gasteiger partial charge in [-0.05, 0) is 246 Å². The molecule has 0 bridgehead atoms. The van der Waals surface area contributed by atoms with Crippen LogP contribution in [0, 0.1) is 34.0 Å². The SMILES string of the molecule is C=CB1OC(C)(C)C(C)(C)O1.C=Cc1cc(N2CCc3c(cccc3-c3ccc(C(F)(F)F)cc3)C2)cc(C#N)n1.N#Cc1cc(N2CCc3c(cccc3-c3ccc(C(F)(F)F)cc3)C2)cc(Cl)n1.N#Cc1cc(N2CCc3c(cccc3-c3ccc(C(F)(F)F)cc3)C2)cc([C@H](O)CO)n1.NC(=O)c1cc(N2CCc3c(cccc3-c3ccc(C(F)(F)F)cc3)C2)cc([C@H](O)CO)n1. The van der Waals surface area contributed by atoms with Crippen molar-refractivity contribution in [3.63, 3.8) is 0 Å². The molecule has 1 saturated heterocycles. The molecule has 19 nitrogen and oxygen atoms in total. The molecule has 12 aromatic rings. The summed E-state index contributed by atoms with van der Waals surface area (Å²) in [6.07, 6.45) is -15.5. The molecule has 0 radical (unpaired) electrons. The summed E-state index contributed by atoms with van der Waals surface area (Å²) in [5.41, 5.74) is 22.4. The number of carbonyl (C=O) groups is 1. The molecule has 2 atom stereocenters. The summed E-state index contributed by atoms with van der Waals surface area (Å²) in [5, 5.41) is 66.3. The number of pyridine rings is 4. The molecule has 17 rings (SSSR count). The zero-order chi connectivity index (χ0) is 97.2. The van der Waals surface area contributed by atoms with E-state index in [1.165, 1.54) is 48.5 Å². The van der Waals surface area contributed by atoms with Crippen LogP contribution < -0.4 is 25.3 Å². The van der Waals surface area contributed by atoms with Gasteiger partial charge in [0.25, 0.3) is 5.91 Å². The van der Waals surface area contributed by atoms with Gasteiger partial charge in [0.15, 0.2) is 0 Å². The lowest BCUT2D eigenvalue weighted by atomic mass is 9.90. The van der Waals surface area contributed by atoms with Gasteiger partial charge in [-0.3, -0.25) is 4.79 Å². The van der Waals surface area contributed by atoms with Crippen LogP contribution in [-0.4, -0.2) is 104 Å². The Morgan fingerprint density at radius 2 is 0.733 bits per heavy atom. The Bertz CT molecular complexity index is 6470. The Morgan fingerprint density at radius 3 is 1.01 bits per heavy atom. The van der Waals surface area contributed by atoms with E-state index in [1.807, 2.05) is 124 Å². The molecule has 694 valence electrons. The van der Waals surface area contributed by atoms with Crippen molar-refractivity contribution in [2.24, 2.45) is 5.73 Å². The van der Waals surface area contributed by atoms with Crippen molar-refractivity contribution >= 4 is 53.5 Å². The van der Waals surface area contributed by atoms with Crippen LogP contribution in [0.15, 0.2) is 238 Å². The first-order valence-corrected chi connectivity index (χ1v) is 43.0. The maximum atomic E-state index is 12.9. The molecule has 5 aliphatic rings.